The van der Waals surface area contributed by atoms with Crippen LogP contribution in [0.5, 0.6) is 0 Å². The summed E-state index contributed by atoms with van der Waals surface area (Å²) in [4.78, 5) is 25.9. The minimum absolute atomic E-state index is 0.281. The molecular weight excluding hydrogens is 212 g/mol. The molecule has 2 fully saturated rings. The Morgan fingerprint density at radius 1 is 0.875 bits per heavy atom. The maximum Gasteiger partial charge on any atom is 0.409 e. The van der Waals surface area contributed by atoms with Crippen LogP contribution in [0.2, 0.25) is 0 Å². The largest absolute Gasteiger partial charge is 0.449 e. The van der Waals surface area contributed by atoms with Crippen LogP contribution in [0.1, 0.15) is 12.8 Å². The summed E-state index contributed by atoms with van der Waals surface area (Å²) in [5.74, 6) is 0. The molecule has 2 saturated heterocycles. The Kier molecular flexibility index (Phi) is 3.48. The molecule has 90 valence electrons. The van der Waals surface area contributed by atoms with Crippen molar-refractivity contribution in [1.29, 1.82) is 0 Å². The van der Waals surface area contributed by atoms with Gasteiger partial charge in [0.25, 0.3) is 0 Å². The second-order valence-corrected chi connectivity index (χ2v) is 3.91. The average Bonchev–Trinajstić information content (AvgIpc) is 2.30. The normalized spacial score (nSPS) is 21.8. The van der Waals surface area contributed by atoms with E-state index in [1.807, 2.05) is 0 Å². The number of hydrogen-bond acceptors (Lipinski definition) is 4. The predicted octanol–water partition coefficient (Wildman–Crippen LogP) is 0.671. The molecule has 16 heavy (non-hydrogen) atoms. The molecule has 0 saturated carbocycles. The predicted molar refractivity (Wildman–Crippen MR) is 55.1 cm³/mol. The number of carbonyl (C=O) groups is 2. The highest BCUT2D eigenvalue weighted by atomic mass is 16.6. The Morgan fingerprint density at radius 3 is 1.69 bits per heavy atom. The topological polar surface area (TPSA) is 59.1 Å². The van der Waals surface area contributed by atoms with E-state index in [9.17, 15) is 9.59 Å². The summed E-state index contributed by atoms with van der Waals surface area (Å²) in [6.45, 7) is 3.47. The molecule has 0 aromatic heterocycles. The Morgan fingerprint density at radius 2 is 1.31 bits per heavy atom. The van der Waals surface area contributed by atoms with Crippen LogP contribution in [0.4, 0.5) is 9.59 Å². The van der Waals surface area contributed by atoms with Crippen molar-refractivity contribution in [3.63, 3.8) is 0 Å². The van der Waals surface area contributed by atoms with Crippen LogP contribution >= 0.6 is 0 Å². The van der Waals surface area contributed by atoms with Gasteiger partial charge in [0.15, 0.2) is 0 Å². The van der Waals surface area contributed by atoms with Crippen LogP contribution < -0.4 is 0 Å². The summed E-state index contributed by atoms with van der Waals surface area (Å²) in [6.07, 6.45) is 1.15. The second kappa shape index (κ2) is 5.05. The first-order valence-electron chi connectivity index (χ1n) is 5.61. The van der Waals surface area contributed by atoms with Crippen LogP contribution in [-0.4, -0.2) is 61.4 Å². The standard InChI is InChI=1S/C10H16N2O4/c13-9-11(3-1-7-15-9)5-6-12-4-2-8-16-10(12)14/h1-8H2. The van der Waals surface area contributed by atoms with Crippen molar-refractivity contribution in [3.8, 4) is 0 Å². The molecule has 0 bridgehead atoms. The van der Waals surface area contributed by atoms with Crippen molar-refractivity contribution in [2.45, 2.75) is 12.8 Å². The fraction of sp³-hybridized carbons (Fsp3) is 0.800. The number of rotatable bonds is 3. The zero-order valence-electron chi connectivity index (χ0n) is 9.18. The van der Waals surface area contributed by atoms with Gasteiger partial charge in [0.1, 0.15) is 0 Å². The molecule has 2 aliphatic heterocycles. The van der Waals surface area contributed by atoms with Gasteiger partial charge in [-0.05, 0) is 12.8 Å². The maximum atomic E-state index is 11.3. The van der Waals surface area contributed by atoms with Crippen molar-refractivity contribution < 1.29 is 19.1 Å². The molecule has 2 aliphatic rings. The van der Waals surface area contributed by atoms with Crippen LogP contribution in [0, 0.1) is 0 Å². The van der Waals surface area contributed by atoms with Crippen LogP contribution in [-0.2, 0) is 9.47 Å². The van der Waals surface area contributed by atoms with Crippen molar-refractivity contribution in [2.75, 3.05) is 39.4 Å². The highest BCUT2D eigenvalue weighted by Gasteiger charge is 2.23. The van der Waals surface area contributed by atoms with E-state index in [0.717, 1.165) is 12.8 Å². The quantitative estimate of drug-likeness (QED) is 0.712. The number of cyclic esters (lactones) is 2. The number of nitrogens with zero attached hydrogens (tertiary/aromatic N) is 2. The molecule has 0 N–H and O–H groups in total. The zero-order valence-corrected chi connectivity index (χ0v) is 9.18. The molecule has 0 aromatic rings. The lowest BCUT2D eigenvalue weighted by molar-refractivity contribution is 0.0527. The van der Waals surface area contributed by atoms with E-state index < -0.39 is 0 Å². The van der Waals surface area contributed by atoms with Gasteiger partial charge in [-0.3, -0.25) is 0 Å². The number of amides is 2. The van der Waals surface area contributed by atoms with E-state index in [0.29, 0.717) is 39.4 Å². The van der Waals surface area contributed by atoms with Gasteiger partial charge in [-0.25, -0.2) is 9.59 Å². The summed E-state index contributed by atoms with van der Waals surface area (Å²) >= 11 is 0. The second-order valence-electron chi connectivity index (χ2n) is 3.91. The molecule has 2 heterocycles. The summed E-state index contributed by atoms with van der Waals surface area (Å²) < 4.78 is 9.82. The van der Waals surface area contributed by atoms with Gasteiger partial charge < -0.3 is 19.3 Å². The minimum atomic E-state index is -0.281. The lowest BCUT2D eigenvalue weighted by Crippen LogP contribution is -2.46. The van der Waals surface area contributed by atoms with Gasteiger partial charge in [0, 0.05) is 26.2 Å². The molecule has 0 spiro atoms. The first kappa shape index (κ1) is 11.0. The molecule has 2 rings (SSSR count). The lowest BCUT2D eigenvalue weighted by atomic mass is 10.3. The maximum absolute atomic E-state index is 11.3. The Bertz CT molecular complexity index is 254. The van der Waals surface area contributed by atoms with Crippen molar-refractivity contribution in [3.05, 3.63) is 0 Å². The van der Waals surface area contributed by atoms with Crippen LogP contribution in [0.25, 0.3) is 0 Å². The first-order valence-corrected chi connectivity index (χ1v) is 5.61. The van der Waals surface area contributed by atoms with E-state index >= 15 is 0 Å². The highest BCUT2D eigenvalue weighted by molar-refractivity contribution is 5.69. The van der Waals surface area contributed by atoms with Gasteiger partial charge in [-0.2, -0.15) is 0 Å². The fourth-order valence-corrected chi connectivity index (χ4v) is 1.84. The Labute approximate surface area is 94.1 Å². The third kappa shape index (κ3) is 2.56. The van der Waals surface area contributed by atoms with Crippen molar-refractivity contribution >= 4 is 12.2 Å². The van der Waals surface area contributed by atoms with Gasteiger partial charge in [-0.1, -0.05) is 0 Å². The van der Waals surface area contributed by atoms with Gasteiger partial charge in [0.2, 0.25) is 0 Å². The summed E-state index contributed by atoms with van der Waals surface area (Å²) in [5.41, 5.74) is 0. The van der Waals surface area contributed by atoms with Crippen LogP contribution in [0.3, 0.4) is 0 Å². The van der Waals surface area contributed by atoms with Gasteiger partial charge >= 0.3 is 12.2 Å². The monoisotopic (exact) mass is 228 g/mol. The van der Waals surface area contributed by atoms with E-state index in [1.54, 1.807) is 9.80 Å². The Balaban J connectivity index is 1.77. The highest BCUT2D eigenvalue weighted by Crippen LogP contribution is 2.07. The van der Waals surface area contributed by atoms with E-state index in [2.05, 4.69) is 0 Å². The smallest absolute Gasteiger partial charge is 0.409 e. The average molecular weight is 228 g/mol. The van der Waals surface area contributed by atoms with Crippen molar-refractivity contribution in [2.24, 2.45) is 0 Å². The third-order valence-electron chi connectivity index (χ3n) is 2.75. The SMILES string of the molecule is O=C1OCCCN1CCN1CCCOC1=O. The molecule has 6 heteroatoms. The molecule has 6 nitrogen and oxygen atoms in total. The van der Waals surface area contributed by atoms with Gasteiger partial charge in [0.05, 0.1) is 13.2 Å². The lowest BCUT2D eigenvalue weighted by Gasteiger charge is -2.31. The molecule has 0 atom stereocenters. The van der Waals surface area contributed by atoms with Gasteiger partial charge in [-0.15, -0.1) is 0 Å². The molecule has 0 unspecified atom stereocenters. The first-order chi connectivity index (χ1) is 7.77. The van der Waals surface area contributed by atoms with Crippen LogP contribution in [0.15, 0.2) is 0 Å². The summed E-state index contributed by atoms with van der Waals surface area (Å²) in [7, 11) is 0. The number of hydrogen-bond donors (Lipinski definition) is 0. The number of carbonyl (C=O) groups excluding carboxylic acids is 2. The van der Waals surface area contributed by atoms with E-state index in [-0.39, 0.29) is 12.2 Å². The number of ether oxygens (including phenoxy) is 2. The van der Waals surface area contributed by atoms with E-state index in [4.69, 9.17) is 9.47 Å². The summed E-state index contributed by atoms with van der Waals surface area (Å²) in [5, 5.41) is 0. The summed E-state index contributed by atoms with van der Waals surface area (Å²) in [6, 6.07) is 0. The zero-order chi connectivity index (χ0) is 11.4. The van der Waals surface area contributed by atoms with Crippen molar-refractivity contribution in [1.82, 2.24) is 9.80 Å². The molecule has 0 aliphatic carbocycles. The fourth-order valence-electron chi connectivity index (χ4n) is 1.84. The molecule has 0 radical (unpaired) electrons. The third-order valence-corrected chi connectivity index (χ3v) is 2.75. The van der Waals surface area contributed by atoms with E-state index in [1.165, 1.54) is 0 Å². The molecule has 2 amide bonds. The molecule has 0 aromatic carbocycles. The molecular formula is C10H16N2O4. The minimum Gasteiger partial charge on any atom is -0.449 e. The Hall–Kier alpha value is -1.46.